The number of amidine groups is 1. The van der Waals surface area contributed by atoms with E-state index in [0.717, 1.165) is 21.3 Å². The van der Waals surface area contributed by atoms with Crippen molar-refractivity contribution in [2.75, 3.05) is 18.6 Å². The summed E-state index contributed by atoms with van der Waals surface area (Å²) in [7, 11) is 1.61. The lowest BCUT2D eigenvalue weighted by Crippen LogP contribution is -2.32. The molecule has 0 fully saturated rings. The molecule has 0 bridgehead atoms. The van der Waals surface area contributed by atoms with E-state index in [1.165, 1.54) is 0 Å². The van der Waals surface area contributed by atoms with Crippen LogP contribution >= 0.6 is 15.9 Å². The largest absolute Gasteiger partial charge is 0.496 e. The van der Waals surface area contributed by atoms with Crippen LogP contribution in [-0.4, -0.2) is 25.5 Å². The van der Waals surface area contributed by atoms with Gasteiger partial charge >= 0.3 is 0 Å². The molecule has 0 saturated heterocycles. The molecule has 0 radical (unpaired) electrons. The second-order valence-corrected chi connectivity index (χ2v) is 7.70. The molecule has 156 valence electrons. The molecule has 1 amide bonds. The van der Waals surface area contributed by atoms with Gasteiger partial charge in [0.15, 0.2) is 5.84 Å². The lowest BCUT2D eigenvalue weighted by atomic mass is 10.1. The monoisotopic (exact) mass is 476 g/mol. The van der Waals surface area contributed by atoms with Gasteiger partial charge in [-0.1, -0.05) is 40.2 Å². The van der Waals surface area contributed by atoms with E-state index in [2.05, 4.69) is 15.9 Å². The summed E-state index contributed by atoms with van der Waals surface area (Å²) in [4.78, 5) is 19.8. The van der Waals surface area contributed by atoms with Crippen LogP contribution in [0.2, 0.25) is 0 Å². The van der Waals surface area contributed by atoms with Crippen LogP contribution in [-0.2, 0) is 4.79 Å². The summed E-state index contributed by atoms with van der Waals surface area (Å²) in [5, 5.41) is 0. The Labute approximate surface area is 189 Å². The summed E-state index contributed by atoms with van der Waals surface area (Å²) < 4.78 is 12.0. The maximum absolute atomic E-state index is 13.4. The van der Waals surface area contributed by atoms with Crippen molar-refractivity contribution in [2.24, 2.45) is 4.99 Å². The summed E-state index contributed by atoms with van der Waals surface area (Å²) in [6.45, 7) is 2.51. The molecule has 3 aromatic carbocycles. The van der Waals surface area contributed by atoms with E-state index in [1.54, 1.807) is 18.1 Å². The SMILES string of the molecule is CCOc1ccc(N2C(=O)/C(=C\c3ccc(Br)cc3)N=C2c2ccccc2OC)cc1. The molecule has 0 spiro atoms. The van der Waals surface area contributed by atoms with Crippen LogP contribution < -0.4 is 14.4 Å². The first-order valence-electron chi connectivity index (χ1n) is 9.87. The zero-order valence-electron chi connectivity index (χ0n) is 17.2. The number of carbonyl (C=O) groups is 1. The summed E-state index contributed by atoms with van der Waals surface area (Å²) in [6, 6.07) is 22.7. The number of nitrogens with zero attached hydrogens (tertiary/aromatic N) is 2. The summed E-state index contributed by atoms with van der Waals surface area (Å²) in [6.07, 6.45) is 1.79. The van der Waals surface area contributed by atoms with Crippen LogP contribution in [0.25, 0.3) is 6.08 Å². The predicted octanol–water partition coefficient (Wildman–Crippen LogP) is 5.69. The van der Waals surface area contributed by atoms with Crippen LogP contribution in [0.1, 0.15) is 18.1 Å². The fourth-order valence-corrected chi connectivity index (χ4v) is 3.61. The highest BCUT2D eigenvalue weighted by molar-refractivity contribution is 9.10. The van der Waals surface area contributed by atoms with Gasteiger partial charge in [0, 0.05) is 4.47 Å². The summed E-state index contributed by atoms with van der Waals surface area (Å²) >= 11 is 3.44. The fourth-order valence-electron chi connectivity index (χ4n) is 3.34. The quantitative estimate of drug-likeness (QED) is 0.429. The maximum Gasteiger partial charge on any atom is 0.282 e. The van der Waals surface area contributed by atoms with Crippen LogP contribution in [0.5, 0.6) is 11.5 Å². The summed E-state index contributed by atoms with van der Waals surface area (Å²) in [5.74, 6) is 1.72. The molecule has 0 saturated carbocycles. The van der Waals surface area contributed by atoms with E-state index in [9.17, 15) is 4.79 Å². The average molecular weight is 477 g/mol. The van der Waals surface area contributed by atoms with Crippen molar-refractivity contribution in [3.05, 3.63) is 94.1 Å². The average Bonchev–Trinajstić information content (AvgIpc) is 3.12. The van der Waals surface area contributed by atoms with E-state index in [0.29, 0.717) is 29.6 Å². The van der Waals surface area contributed by atoms with Gasteiger partial charge in [-0.05, 0) is 67.1 Å². The Kier molecular flexibility index (Phi) is 6.18. The molecule has 0 atom stereocenters. The first kappa shape index (κ1) is 20.9. The van der Waals surface area contributed by atoms with Crippen molar-refractivity contribution in [2.45, 2.75) is 6.92 Å². The zero-order chi connectivity index (χ0) is 21.8. The molecule has 0 aromatic heterocycles. The molecule has 6 heteroatoms. The van der Waals surface area contributed by atoms with Crippen molar-refractivity contribution in [1.82, 2.24) is 0 Å². The standard InChI is InChI=1S/C25H21BrN2O3/c1-3-31-20-14-12-19(13-15-20)28-24(21-6-4-5-7-23(21)30-2)27-22(25(28)29)16-17-8-10-18(26)11-9-17/h4-16H,3H2,1-2H3/b22-16+. The van der Waals surface area contributed by atoms with Gasteiger partial charge in [0.05, 0.1) is 25.0 Å². The Morgan fingerprint density at radius 3 is 2.39 bits per heavy atom. The van der Waals surface area contributed by atoms with Crippen LogP contribution in [0.15, 0.2) is 88.0 Å². The van der Waals surface area contributed by atoms with E-state index in [-0.39, 0.29) is 5.91 Å². The predicted molar refractivity (Wildman–Crippen MR) is 127 cm³/mol. The number of methoxy groups -OCH3 is 1. The molecule has 4 rings (SSSR count). The molecule has 5 nitrogen and oxygen atoms in total. The third-order valence-electron chi connectivity index (χ3n) is 4.79. The number of aliphatic imine (C=N–C) groups is 1. The van der Waals surface area contributed by atoms with Crippen molar-refractivity contribution in [1.29, 1.82) is 0 Å². The van der Waals surface area contributed by atoms with Gasteiger partial charge in [0.1, 0.15) is 17.2 Å². The highest BCUT2D eigenvalue weighted by atomic mass is 79.9. The Morgan fingerprint density at radius 2 is 1.71 bits per heavy atom. The van der Waals surface area contributed by atoms with E-state index < -0.39 is 0 Å². The molecule has 0 N–H and O–H groups in total. The number of amides is 1. The van der Waals surface area contributed by atoms with Gasteiger partial charge in [-0.2, -0.15) is 0 Å². The van der Waals surface area contributed by atoms with Gasteiger partial charge in [-0.25, -0.2) is 4.99 Å². The van der Waals surface area contributed by atoms with Gasteiger partial charge in [-0.15, -0.1) is 0 Å². The van der Waals surface area contributed by atoms with Gasteiger partial charge in [-0.3, -0.25) is 9.69 Å². The Hall–Kier alpha value is -3.38. The van der Waals surface area contributed by atoms with E-state index in [1.807, 2.05) is 79.7 Å². The third-order valence-corrected chi connectivity index (χ3v) is 5.32. The molecule has 3 aromatic rings. The van der Waals surface area contributed by atoms with Crippen molar-refractivity contribution in [3.8, 4) is 11.5 Å². The zero-order valence-corrected chi connectivity index (χ0v) is 18.8. The minimum Gasteiger partial charge on any atom is -0.496 e. The Balaban J connectivity index is 1.81. The number of para-hydroxylation sites is 1. The molecular formula is C25H21BrN2O3. The first-order chi connectivity index (χ1) is 15.1. The fraction of sp³-hybridized carbons (Fsp3) is 0.120. The van der Waals surface area contributed by atoms with Gasteiger partial charge < -0.3 is 9.47 Å². The topological polar surface area (TPSA) is 51.1 Å². The highest BCUT2D eigenvalue weighted by Gasteiger charge is 2.33. The first-order valence-corrected chi connectivity index (χ1v) is 10.7. The number of carbonyl (C=O) groups excluding carboxylic acids is 1. The highest BCUT2D eigenvalue weighted by Crippen LogP contribution is 2.32. The smallest absolute Gasteiger partial charge is 0.282 e. The number of anilines is 1. The lowest BCUT2D eigenvalue weighted by molar-refractivity contribution is -0.113. The molecule has 31 heavy (non-hydrogen) atoms. The normalized spacial score (nSPS) is 14.7. The van der Waals surface area contributed by atoms with Gasteiger partial charge in [0.25, 0.3) is 5.91 Å². The Bertz CT molecular complexity index is 1150. The number of hydrogen-bond donors (Lipinski definition) is 0. The minimum atomic E-state index is -0.201. The number of benzene rings is 3. The van der Waals surface area contributed by atoms with Crippen LogP contribution in [0, 0.1) is 0 Å². The summed E-state index contributed by atoms with van der Waals surface area (Å²) in [5.41, 5.74) is 2.70. The molecular weight excluding hydrogens is 456 g/mol. The number of rotatable bonds is 6. The second-order valence-electron chi connectivity index (χ2n) is 6.78. The van der Waals surface area contributed by atoms with Crippen LogP contribution in [0.3, 0.4) is 0 Å². The Morgan fingerprint density at radius 1 is 1.00 bits per heavy atom. The van der Waals surface area contributed by atoms with Crippen molar-refractivity contribution in [3.63, 3.8) is 0 Å². The van der Waals surface area contributed by atoms with Crippen molar-refractivity contribution < 1.29 is 14.3 Å². The number of ether oxygens (including phenoxy) is 2. The third kappa shape index (κ3) is 4.39. The molecule has 0 unspecified atom stereocenters. The van der Waals surface area contributed by atoms with E-state index in [4.69, 9.17) is 14.5 Å². The molecule has 0 aliphatic carbocycles. The van der Waals surface area contributed by atoms with Gasteiger partial charge in [0.2, 0.25) is 0 Å². The second kappa shape index (κ2) is 9.18. The van der Waals surface area contributed by atoms with Crippen molar-refractivity contribution >= 4 is 39.4 Å². The lowest BCUT2D eigenvalue weighted by Gasteiger charge is -2.20. The molecule has 1 aliphatic heterocycles. The number of halogens is 1. The molecule has 1 aliphatic rings. The minimum absolute atomic E-state index is 0.201. The maximum atomic E-state index is 13.4. The van der Waals surface area contributed by atoms with E-state index >= 15 is 0 Å². The van der Waals surface area contributed by atoms with Crippen LogP contribution in [0.4, 0.5) is 5.69 Å². The number of hydrogen-bond acceptors (Lipinski definition) is 4. The molecule has 1 heterocycles.